The lowest BCUT2D eigenvalue weighted by molar-refractivity contribution is 0.208. The summed E-state index contributed by atoms with van der Waals surface area (Å²) in [6, 6.07) is 14.2. The lowest BCUT2D eigenvalue weighted by Crippen LogP contribution is -2.43. The zero-order valence-corrected chi connectivity index (χ0v) is 13.6. The van der Waals surface area contributed by atoms with Crippen LogP contribution in [0.15, 0.2) is 36.4 Å². The molecule has 4 rings (SSSR count). The third-order valence-electron chi connectivity index (χ3n) is 5.55. The molecule has 2 aliphatic rings. The summed E-state index contributed by atoms with van der Waals surface area (Å²) in [4.78, 5) is 5.34. The summed E-state index contributed by atoms with van der Waals surface area (Å²) in [5.74, 6) is 0. The first-order valence-electron chi connectivity index (χ1n) is 8.80. The fraction of sp³-hybridized carbons (Fsp3) is 0.500. The van der Waals surface area contributed by atoms with Crippen LogP contribution in [0.2, 0.25) is 0 Å². The van der Waals surface area contributed by atoms with Gasteiger partial charge in [-0.25, -0.2) is 0 Å². The van der Waals surface area contributed by atoms with Crippen molar-refractivity contribution in [3.63, 3.8) is 0 Å². The summed E-state index contributed by atoms with van der Waals surface area (Å²) >= 11 is 0. The Kier molecular flexibility index (Phi) is 3.79. The van der Waals surface area contributed by atoms with E-state index in [1.54, 1.807) is 0 Å². The first kappa shape index (κ1) is 14.1. The molecule has 2 heteroatoms. The number of likely N-dealkylation sites (tertiary alicyclic amines) is 1. The minimum atomic E-state index is 0.829. The molecule has 0 atom stereocenters. The van der Waals surface area contributed by atoms with Crippen LogP contribution in [0.5, 0.6) is 0 Å². The van der Waals surface area contributed by atoms with Gasteiger partial charge in [-0.15, -0.1) is 0 Å². The van der Waals surface area contributed by atoms with E-state index in [1.165, 1.54) is 73.9 Å². The zero-order valence-electron chi connectivity index (χ0n) is 13.6. The quantitative estimate of drug-likeness (QED) is 0.818. The molecule has 0 amide bonds. The molecule has 2 aromatic rings. The molecule has 0 spiro atoms. The topological polar surface area (TPSA) is 6.48 Å². The average Bonchev–Trinajstić information content (AvgIpc) is 3.09. The molecule has 2 fully saturated rings. The highest BCUT2D eigenvalue weighted by Crippen LogP contribution is 2.32. The molecule has 2 aromatic carbocycles. The number of anilines is 1. The fourth-order valence-electron chi connectivity index (χ4n) is 4.35. The van der Waals surface area contributed by atoms with E-state index in [0.717, 1.165) is 6.04 Å². The second-order valence-electron chi connectivity index (χ2n) is 6.91. The second kappa shape index (κ2) is 5.92. The van der Waals surface area contributed by atoms with Gasteiger partial charge in [-0.1, -0.05) is 30.3 Å². The largest absolute Gasteiger partial charge is 0.371 e. The first-order chi connectivity index (χ1) is 10.8. The lowest BCUT2D eigenvalue weighted by Gasteiger charge is -2.38. The van der Waals surface area contributed by atoms with Crippen LogP contribution in [-0.4, -0.2) is 37.1 Å². The van der Waals surface area contributed by atoms with E-state index < -0.39 is 0 Å². The Morgan fingerprint density at radius 2 is 1.55 bits per heavy atom. The van der Waals surface area contributed by atoms with E-state index in [2.05, 4.69) is 53.1 Å². The summed E-state index contributed by atoms with van der Waals surface area (Å²) in [7, 11) is 0. The molecule has 2 saturated heterocycles. The molecule has 0 N–H and O–H groups in total. The Labute approximate surface area is 133 Å². The Hall–Kier alpha value is -1.54. The Bertz CT molecular complexity index is 645. The average molecular weight is 294 g/mol. The van der Waals surface area contributed by atoms with Crippen LogP contribution in [0, 0.1) is 6.92 Å². The van der Waals surface area contributed by atoms with Crippen LogP contribution in [0.1, 0.15) is 31.2 Å². The Morgan fingerprint density at radius 1 is 0.864 bits per heavy atom. The van der Waals surface area contributed by atoms with E-state index in [4.69, 9.17) is 0 Å². The molecule has 2 nitrogen and oxygen atoms in total. The van der Waals surface area contributed by atoms with Crippen molar-refractivity contribution in [2.24, 2.45) is 0 Å². The zero-order chi connectivity index (χ0) is 14.9. The van der Waals surface area contributed by atoms with E-state index >= 15 is 0 Å². The van der Waals surface area contributed by atoms with Gasteiger partial charge in [0.15, 0.2) is 0 Å². The van der Waals surface area contributed by atoms with Gasteiger partial charge in [0.1, 0.15) is 0 Å². The fourth-order valence-corrected chi connectivity index (χ4v) is 4.35. The van der Waals surface area contributed by atoms with E-state index in [0.29, 0.717) is 0 Å². The van der Waals surface area contributed by atoms with Gasteiger partial charge in [0.25, 0.3) is 0 Å². The van der Waals surface area contributed by atoms with Crippen molar-refractivity contribution in [1.29, 1.82) is 0 Å². The SMILES string of the molecule is Cc1cccc2cccc(N3CCC(N4CCCC4)CC3)c12. The van der Waals surface area contributed by atoms with Gasteiger partial charge in [-0.2, -0.15) is 0 Å². The third kappa shape index (κ3) is 2.50. The van der Waals surface area contributed by atoms with Gasteiger partial charge in [-0.3, -0.25) is 0 Å². The molecule has 2 aliphatic heterocycles. The number of piperidine rings is 1. The normalized spacial score (nSPS) is 20.9. The highest BCUT2D eigenvalue weighted by atomic mass is 15.2. The third-order valence-corrected chi connectivity index (χ3v) is 5.55. The van der Waals surface area contributed by atoms with Gasteiger partial charge < -0.3 is 9.80 Å². The number of rotatable bonds is 2. The molecule has 2 heterocycles. The molecule has 22 heavy (non-hydrogen) atoms. The maximum absolute atomic E-state index is 2.73. The summed E-state index contributed by atoms with van der Waals surface area (Å²) < 4.78 is 0. The predicted octanol–water partition coefficient (Wildman–Crippen LogP) is 4.21. The number of nitrogens with zero attached hydrogens (tertiary/aromatic N) is 2. The van der Waals surface area contributed by atoms with E-state index in [-0.39, 0.29) is 0 Å². The standard InChI is InChI=1S/C20H26N2/c1-16-6-4-7-17-8-5-9-19(20(16)17)22-14-10-18(11-15-22)21-12-2-3-13-21/h4-9,18H,2-3,10-15H2,1H3. The van der Waals surface area contributed by atoms with Crippen LogP contribution >= 0.6 is 0 Å². The van der Waals surface area contributed by atoms with Crippen molar-refractivity contribution >= 4 is 16.5 Å². The van der Waals surface area contributed by atoms with E-state index in [1.807, 2.05) is 0 Å². The van der Waals surface area contributed by atoms with Gasteiger partial charge in [0.05, 0.1) is 0 Å². The first-order valence-corrected chi connectivity index (χ1v) is 8.80. The van der Waals surface area contributed by atoms with Crippen LogP contribution in [0.4, 0.5) is 5.69 Å². The summed E-state index contributed by atoms with van der Waals surface area (Å²) in [5.41, 5.74) is 2.84. The maximum atomic E-state index is 2.73. The number of fused-ring (bicyclic) bond motifs is 1. The lowest BCUT2D eigenvalue weighted by atomic mass is 9.99. The monoisotopic (exact) mass is 294 g/mol. The number of benzene rings is 2. The molecule has 0 unspecified atom stereocenters. The molecule has 0 aliphatic carbocycles. The molecular weight excluding hydrogens is 268 g/mol. The van der Waals surface area contributed by atoms with Crippen molar-refractivity contribution in [3.8, 4) is 0 Å². The van der Waals surface area contributed by atoms with Crippen molar-refractivity contribution in [2.45, 2.75) is 38.6 Å². The highest BCUT2D eigenvalue weighted by molar-refractivity contribution is 5.96. The summed E-state index contributed by atoms with van der Waals surface area (Å²) in [5, 5.41) is 2.82. The molecular formula is C20H26N2. The van der Waals surface area contributed by atoms with Gasteiger partial charge in [0, 0.05) is 30.2 Å². The predicted molar refractivity (Wildman–Crippen MR) is 94.7 cm³/mol. The number of hydrogen-bond acceptors (Lipinski definition) is 2. The van der Waals surface area contributed by atoms with Crippen LogP contribution in [-0.2, 0) is 0 Å². The molecule has 0 aromatic heterocycles. The summed E-state index contributed by atoms with van der Waals surface area (Å²) in [6.45, 7) is 7.31. The Morgan fingerprint density at radius 3 is 2.27 bits per heavy atom. The molecule has 0 saturated carbocycles. The van der Waals surface area contributed by atoms with Gasteiger partial charge in [-0.05, 0) is 62.7 Å². The van der Waals surface area contributed by atoms with Crippen LogP contribution in [0.25, 0.3) is 10.8 Å². The van der Waals surface area contributed by atoms with Crippen molar-refractivity contribution in [2.75, 3.05) is 31.1 Å². The number of hydrogen-bond donors (Lipinski definition) is 0. The molecule has 0 bridgehead atoms. The minimum Gasteiger partial charge on any atom is -0.371 e. The maximum Gasteiger partial charge on any atom is 0.0448 e. The van der Waals surface area contributed by atoms with Crippen molar-refractivity contribution in [3.05, 3.63) is 42.0 Å². The minimum absolute atomic E-state index is 0.829. The smallest absolute Gasteiger partial charge is 0.0448 e. The second-order valence-corrected chi connectivity index (χ2v) is 6.91. The Balaban J connectivity index is 1.56. The number of aryl methyl sites for hydroxylation is 1. The molecule has 116 valence electrons. The highest BCUT2D eigenvalue weighted by Gasteiger charge is 2.27. The van der Waals surface area contributed by atoms with Crippen molar-refractivity contribution < 1.29 is 0 Å². The van der Waals surface area contributed by atoms with Gasteiger partial charge >= 0.3 is 0 Å². The van der Waals surface area contributed by atoms with Crippen LogP contribution in [0.3, 0.4) is 0 Å². The van der Waals surface area contributed by atoms with Gasteiger partial charge in [0.2, 0.25) is 0 Å². The summed E-state index contributed by atoms with van der Waals surface area (Å²) in [6.07, 6.45) is 5.45. The van der Waals surface area contributed by atoms with E-state index in [9.17, 15) is 0 Å². The van der Waals surface area contributed by atoms with Crippen molar-refractivity contribution in [1.82, 2.24) is 4.90 Å². The van der Waals surface area contributed by atoms with Crippen LogP contribution < -0.4 is 4.90 Å². The molecule has 0 radical (unpaired) electrons.